The maximum absolute atomic E-state index is 5.01. The predicted octanol–water partition coefficient (Wildman–Crippen LogP) is 6.30. The van der Waals surface area contributed by atoms with Crippen molar-refractivity contribution in [1.29, 1.82) is 0 Å². The highest BCUT2D eigenvalue weighted by atomic mass is 14.7. The summed E-state index contributed by atoms with van der Waals surface area (Å²) in [5.41, 5.74) is 8.61. The molecule has 0 N–H and O–H groups in total. The number of hydrogen-bond acceptors (Lipinski definition) is 1. The molecule has 1 aliphatic heterocycles. The molecular weight excluding hydrogens is 314 g/mol. The highest BCUT2D eigenvalue weighted by Gasteiger charge is 2.48. The third-order valence-electron chi connectivity index (χ3n) is 9.13. The first-order valence-corrected chi connectivity index (χ1v) is 11.0. The lowest BCUT2D eigenvalue weighted by molar-refractivity contribution is 0.170. The first-order chi connectivity index (χ1) is 12.6. The average molecular weight is 346 g/mol. The predicted molar refractivity (Wildman–Crippen MR) is 108 cm³/mol. The van der Waals surface area contributed by atoms with Crippen LogP contribution in [0.4, 0.5) is 0 Å². The lowest BCUT2D eigenvalue weighted by atomic mass is 9.52. The molecule has 26 heavy (non-hydrogen) atoms. The van der Waals surface area contributed by atoms with Crippen LogP contribution in [-0.2, 0) is 10.8 Å². The zero-order chi connectivity index (χ0) is 17.5. The molecule has 4 saturated carbocycles. The molecule has 6 aliphatic carbocycles. The number of fused-ring (bicyclic) bond motifs is 4. The fraction of sp³-hybridized carbons (Fsp3) is 0.640. The summed E-state index contributed by atoms with van der Waals surface area (Å²) in [4.78, 5) is 5.01. The third kappa shape index (κ3) is 2.01. The highest BCUT2D eigenvalue weighted by molar-refractivity contribution is 6.02. The Morgan fingerprint density at radius 1 is 0.885 bits per heavy atom. The van der Waals surface area contributed by atoms with Gasteiger partial charge >= 0.3 is 0 Å². The normalized spacial score (nSPS) is 42.8. The molecule has 1 unspecified atom stereocenters. The summed E-state index contributed by atoms with van der Waals surface area (Å²) >= 11 is 0. The second-order valence-electron chi connectivity index (χ2n) is 10.5. The molecule has 136 valence electrons. The van der Waals surface area contributed by atoms with E-state index in [1.165, 1.54) is 69.1 Å². The number of hydrogen-bond donors (Lipinski definition) is 0. The molecule has 1 nitrogen and oxygen atoms in total. The van der Waals surface area contributed by atoms with Crippen molar-refractivity contribution in [3.63, 3.8) is 0 Å². The van der Waals surface area contributed by atoms with Crippen molar-refractivity contribution < 1.29 is 0 Å². The van der Waals surface area contributed by atoms with Crippen LogP contribution < -0.4 is 0 Å². The Morgan fingerprint density at radius 2 is 1.58 bits per heavy atom. The Balaban J connectivity index is 1.41. The van der Waals surface area contributed by atoms with Gasteiger partial charge in [-0.15, -0.1) is 0 Å². The van der Waals surface area contributed by atoms with E-state index in [0.29, 0.717) is 10.8 Å². The fourth-order valence-electron chi connectivity index (χ4n) is 7.16. The van der Waals surface area contributed by atoms with E-state index in [4.69, 9.17) is 4.99 Å². The maximum atomic E-state index is 5.01. The first-order valence-electron chi connectivity index (χ1n) is 11.0. The van der Waals surface area contributed by atoms with Gasteiger partial charge in [-0.3, -0.25) is 4.99 Å². The molecule has 8 rings (SSSR count). The molecule has 4 fully saturated rings. The van der Waals surface area contributed by atoms with E-state index in [-0.39, 0.29) is 0 Å². The summed E-state index contributed by atoms with van der Waals surface area (Å²) in [5.74, 6) is 2.59. The maximum Gasteiger partial charge on any atom is 0.0482 e. The van der Waals surface area contributed by atoms with Gasteiger partial charge in [0, 0.05) is 11.9 Å². The number of aliphatic imine (C=N–C) groups is 1. The summed E-state index contributed by atoms with van der Waals surface area (Å²) in [6.45, 7) is 5.01. The van der Waals surface area contributed by atoms with Gasteiger partial charge in [0.1, 0.15) is 0 Å². The van der Waals surface area contributed by atoms with Gasteiger partial charge in [0.15, 0.2) is 0 Å². The van der Waals surface area contributed by atoms with Crippen molar-refractivity contribution in [3.8, 4) is 0 Å². The van der Waals surface area contributed by atoms with Gasteiger partial charge in [-0.25, -0.2) is 0 Å². The largest absolute Gasteiger partial charge is 0.261 e. The molecule has 1 heteroatoms. The molecule has 1 aromatic rings. The second kappa shape index (κ2) is 5.12. The molecule has 0 saturated heterocycles. The smallest absolute Gasteiger partial charge is 0.0482 e. The topological polar surface area (TPSA) is 12.4 Å². The van der Waals surface area contributed by atoms with Gasteiger partial charge in [0.05, 0.1) is 0 Å². The van der Waals surface area contributed by atoms with Crippen LogP contribution in [0.2, 0.25) is 0 Å². The average Bonchev–Trinajstić information content (AvgIpc) is 2.70. The first kappa shape index (κ1) is 15.7. The molecule has 0 amide bonds. The molecule has 4 bridgehead atoms. The Labute approximate surface area is 158 Å². The number of benzene rings is 1. The zero-order valence-electron chi connectivity index (χ0n) is 16.4. The Hall–Kier alpha value is -1.37. The summed E-state index contributed by atoms with van der Waals surface area (Å²) in [6.07, 6.45) is 14.7. The molecular formula is C25H31N. The van der Waals surface area contributed by atoms with Crippen molar-refractivity contribution >= 4 is 5.71 Å². The van der Waals surface area contributed by atoms with Gasteiger partial charge < -0.3 is 0 Å². The van der Waals surface area contributed by atoms with Crippen LogP contribution >= 0.6 is 0 Å². The summed E-state index contributed by atoms with van der Waals surface area (Å²) < 4.78 is 0. The zero-order valence-corrected chi connectivity index (χ0v) is 16.4. The molecule has 1 atom stereocenters. The van der Waals surface area contributed by atoms with Crippen molar-refractivity contribution in [1.82, 2.24) is 0 Å². The van der Waals surface area contributed by atoms with Crippen molar-refractivity contribution in [2.45, 2.75) is 82.5 Å². The van der Waals surface area contributed by atoms with Crippen LogP contribution in [0.15, 0.2) is 35.0 Å². The van der Waals surface area contributed by atoms with E-state index in [0.717, 1.165) is 17.8 Å². The molecule has 0 aromatic heterocycles. The Morgan fingerprint density at radius 3 is 2.31 bits per heavy atom. The fourth-order valence-corrected chi connectivity index (χ4v) is 7.16. The second-order valence-corrected chi connectivity index (χ2v) is 10.5. The van der Waals surface area contributed by atoms with Gasteiger partial charge in [-0.05, 0) is 115 Å². The lowest BCUT2D eigenvalue weighted by Crippen LogP contribution is -2.44. The molecule has 1 heterocycles. The van der Waals surface area contributed by atoms with E-state index in [9.17, 15) is 0 Å². The minimum Gasteiger partial charge on any atom is -0.261 e. The third-order valence-corrected chi connectivity index (χ3v) is 9.13. The van der Waals surface area contributed by atoms with Gasteiger partial charge in [0.2, 0.25) is 0 Å². The van der Waals surface area contributed by atoms with Crippen LogP contribution in [0.25, 0.3) is 0 Å². The Kier molecular flexibility index (Phi) is 3.08. The van der Waals surface area contributed by atoms with Crippen LogP contribution in [0.5, 0.6) is 0 Å². The molecule has 0 radical (unpaired) electrons. The molecule has 0 spiro atoms. The highest BCUT2D eigenvalue weighted by Crippen LogP contribution is 2.56. The van der Waals surface area contributed by atoms with Crippen LogP contribution in [0.1, 0.15) is 88.3 Å². The van der Waals surface area contributed by atoms with Crippen molar-refractivity contribution in [2.24, 2.45) is 22.7 Å². The molecule has 7 aliphatic rings. The quantitative estimate of drug-likeness (QED) is 0.566. The molecule has 1 aromatic carbocycles. The standard InChI is InChI=1S/C25H31N/c1-24-9-11-25(2,12-10-24)22-13-18(7-8-21(22)24)23-14-19-16-3-5-17(6-4-16)20(19)15-26-23/h7-8,13,15-17,19H,3-6,9-12,14H2,1-2H3. The van der Waals surface area contributed by atoms with Crippen molar-refractivity contribution in [2.75, 3.05) is 0 Å². The summed E-state index contributed by atoms with van der Waals surface area (Å²) in [6, 6.07) is 7.41. The van der Waals surface area contributed by atoms with Gasteiger partial charge in [-0.1, -0.05) is 26.0 Å². The van der Waals surface area contributed by atoms with Crippen LogP contribution in [-0.4, -0.2) is 5.71 Å². The summed E-state index contributed by atoms with van der Waals surface area (Å²) in [7, 11) is 0. The van der Waals surface area contributed by atoms with E-state index < -0.39 is 0 Å². The number of nitrogens with zero attached hydrogens (tertiary/aromatic N) is 1. The monoisotopic (exact) mass is 345 g/mol. The van der Waals surface area contributed by atoms with Gasteiger partial charge in [-0.2, -0.15) is 0 Å². The summed E-state index contributed by atoms with van der Waals surface area (Å²) in [5, 5.41) is 0. The van der Waals surface area contributed by atoms with E-state index >= 15 is 0 Å². The lowest BCUT2D eigenvalue weighted by Gasteiger charge is -2.52. The van der Waals surface area contributed by atoms with Crippen LogP contribution in [0, 0.1) is 17.8 Å². The van der Waals surface area contributed by atoms with E-state index in [1.54, 1.807) is 16.7 Å². The SMILES string of the molecule is CC12CCC(C)(CC1)c1cc(C3=NC=C4C5CCC(CC5)C4C3)ccc12. The van der Waals surface area contributed by atoms with E-state index in [2.05, 4.69) is 38.2 Å². The van der Waals surface area contributed by atoms with Gasteiger partial charge in [0.25, 0.3) is 0 Å². The van der Waals surface area contributed by atoms with Crippen molar-refractivity contribution in [3.05, 3.63) is 46.7 Å². The Bertz CT molecular complexity index is 826. The minimum atomic E-state index is 0.406. The minimum absolute atomic E-state index is 0.406. The number of rotatable bonds is 1. The number of allylic oxidation sites excluding steroid dienone is 1. The van der Waals surface area contributed by atoms with E-state index in [1.807, 2.05) is 0 Å². The van der Waals surface area contributed by atoms with Crippen LogP contribution in [0.3, 0.4) is 0 Å².